The molecule has 1 saturated carbocycles. The lowest BCUT2D eigenvalue weighted by Crippen LogP contribution is -2.39. The van der Waals surface area contributed by atoms with Gasteiger partial charge in [-0.1, -0.05) is 13.3 Å². The van der Waals surface area contributed by atoms with Crippen LogP contribution in [0.2, 0.25) is 0 Å². The summed E-state index contributed by atoms with van der Waals surface area (Å²) in [6.45, 7) is 2.60. The molecule has 0 spiro atoms. The van der Waals surface area contributed by atoms with E-state index in [1.807, 2.05) is 5.38 Å². The standard InChI is InChI=1S/C14H24N2O2S2/c1-3-11-4-6-13(7-5-11)16(2)20(17,18)14-8-12(9-15)10-19-14/h8,10-11,13H,3-7,9,15H2,1-2H3. The van der Waals surface area contributed by atoms with Crippen molar-refractivity contribution in [3.63, 3.8) is 0 Å². The van der Waals surface area contributed by atoms with E-state index >= 15 is 0 Å². The number of hydrogen-bond acceptors (Lipinski definition) is 4. The largest absolute Gasteiger partial charge is 0.326 e. The lowest BCUT2D eigenvalue weighted by atomic mass is 9.85. The molecule has 0 bridgehead atoms. The second kappa shape index (κ2) is 6.56. The van der Waals surface area contributed by atoms with Crippen LogP contribution < -0.4 is 5.73 Å². The van der Waals surface area contributed by atoms with Gasteiger partial charge in [-0.05, 0) is 48.6 Å². The van der Waals surface area contributed by atoms with Crippen LogP contribution in [-0.4, -0.2) is 25.8 Å². The molecule has 2 rings (SSSR count). The zero-order valence-corrected chi connectivity index (χ0v) is 13.8. The van der Waals surface area contributed by atoms with Gasteiger partial charge in [0, 0.05) is 19.6 Å². The molecule has 1 aromatic heterocycles. The maximum Gasteiger partial charge on any atom is 0.252 e. The van der Waals surface area contributed by atoms with Crippen LogP contribution in [0.25, 0.3) is 0 Å². The minimum Gasteiger partial charge on any atom is -0.326 e. The van der Waals surface area contributed by atoms with E-state index in [0.717, 1.165) is 37.2 Å². The van der Waals surface area contributed by atoms with E-state index in [2.05, 4.69) is 6.92 Å². The molecule has 0 radical (unpaired) electrons. The SMILES string of the molecule is CCC1CCC(N(C)S(=O)(=O)c2cc(CN)cs2)CC1. The van der Waals surface area contributed by atoms with Gasteiger partial charge in [0.25, 0.3) is 10.0 Å². The molecule has 0 saturated heterocycles. The van der Waals surface area contributed by atoms with Gasteiger partial charge >= 0.3 is 0 Å². The second-order valence-corrected chi connectivity index (χ2v) is 8.72. The van der Waals surface area contributed by atoms with E-state index in [9.17, 15) is 8.42 Å². The maximum atomic E-state index is 12.6. The Morgan fingerprint density at radius 2 is 2.00 bits per heavy atom. The van der Waals surface area contributed by atoms with Crippen LogP contribution >= 0.6 is 11.3 Å². The first kappa shape index (κ1) is 15.9. The van der Waals surface area contributed by atoms with Crippen molar-refractivity contribution >= 4 is 21.4 Å². The number of thiophene rings is 1. The number of nitrogens with zero attached hydrogens (tertiary/aromatic N) is 1. The maximum absolute atomic E-state index is 12.6. The van der Waals surface area contributed by atoms with Crippen molar-refractivity contribution in [2.75, 3.05) is 7.05 Å². The lowest BCUT2D eigenvalue weighted by Gasteiger charge is -2.33. The van der Waals surface area contributed by atoms with Gasteiger partial charge in [-0.25, -0.2) is 8.42 Å². The first-order chi connectivity index (χ1) is 9.48. The molecule has 0 aliphatic heterocycles. The highest BCUT2D eigenvalue weighted by Gasteiger charge is 2.31. The first-order valence-corrected chi connectivity index (χ1v) is 9.56. The molecule has 0 amide bonds. The van der Waals surface area contributed by atoms with Crippen LogP contribution in [0.5, 0.6) is 0 Å². The predicted molar refractivity (Wildman–Crippen MR) is 83.2 cm³/mol. The molecule has 1 aliphatic rings. The molecular formula is C14H24N2O2S2. The van der Waals surface area contributed by atoms with Crippen LogP contribution in [-0.2, 0) is 16.6 Å². The third kappa shape index (κ3) is 3.24. The minimum absolute atomic E-state index is 0.145. The van der Waals surface area contributed by atoms with Crippen LogP contribution in [0, 0.1) is 5.92 Å². The molecule has 0 atom stereocenters. The molecule has 1 aromatic rings. The van der Waals surface area contributed by atoms with Crippen molar-refractivity contribution in [2.45, 2.75) is 55.8 Å². The molecule has 4 nitrogen and oxygen atoms in total. The van der Waals surface area contributed by atoms with Gasteiger partial charge < -0.3 is 5.73 Å². The van der Waals surface area contributed by atoms with E-state index in [1.165, 1.54) is 17.8 Å². The average molecular weight is 316 g/mol. The van der Waals surface area contributed by atoms with E-state index < -0.39 is 10.0 Å². The second-order valence-electron chi connectivity index (χ2n) is 5.58. The van der Waals surface area contributed by atoms with Gasteiger partial charge in [-0.3, -0.25) is 0 Å². The molecule has 0 aromatic carbocycles. The lowest BCUT2D eigenvalue weighted by molar-refractivity contribution is 0.233. The van der Waals surface area contributed by atoms with Gasteiger partial charge in [0.05, 0.1) is 0 Å². The fourth-order valence-electron chi connectivity index (χ4n) is 2.85. The fraction of sp³-hybridized carbons (Fsp3) is 0.714. The minimum atomic E-state index is -3.36. The van der Waals surface area contributed by atoms with Crippen LogP contribution in [0.15, 0.2) is 15.7 Å². The molecule has 2 N–H and O–H groups in total. The highest BCUT2D eigenvalue weighted by Crippen LogP contribution is 2.32. The summed E-state index contributed by atoms with van der Waals surface area (Å²) in [5, 5.41) is 1.83. The van der Waals surface area contributed by atoms with Crippen molar-refractivity contribution in [2.24, 2.45) is 11.7 Å². The Labute approximate surface area is 126 Å². The molecule has 6 heteroatoms. The van der Waals surface area contributed by atoms with Crippen molar-refractivity contribution in [3.05, 3.63) is 17.0 Å². The quantitative estimate of drug-likeness (QED) is 0.908. The topological polar surface area (TPSA) is 63.4 Å². The van der Waals surface area contributed by atoms with E-state index in [-0.39, 0.29) is 6.04 Å². The van der Waals surface area contributed by atoms with Crippen LogP contribution in [0.4, 0.5) is 0 Å². The van der Waals surface area contributed by atoms with Crippen LogP contribution in [0.3, 0.4) is 0 Å². The summed E-state index contributed by atoms with van der Waals surface area (Å²) < 4.78 is 27.2. The van der Waals surface area contributed by atoms with E-state index in [4.69, 9.17) is 5.73 Å². The Hall–Kier alpha value is -0.430. The highest BCUT2D eigenvalue weighted by molar-refractivity contribution is 7.91. The summed E-state index contributed by atoms with van der Waals surface area (Å²) >= 11 is 1.27. The Balaban J connectivity index is 2.09. The monoisotopic (exact) mass is 316 g/mol. The van der Waals surface area contributed by atoms with Crippen LogP contribution in [0.1, 0.15) is 44.6 Å². The summed E-state index contributed by atoms with van der Waals surface area (Å²) in [5.41, 5.74) is 6.44. The smallest absolute Gasteiger partial charge is 0.252 e. The molecule has 1 aliphatic carbocycles. The van der Waals surface area contributed by atoms with Crippen molar-refractivity contribution < 1.29 is 8.42 Å². The van der Waals surface area contributed by atoms with Gasteiger partial charge in [-0.2, -0.15) is 4.31 Å². The Bertz CT molecular complexity index is 531. The summed E-state index contributed by atoms with van der Waals surface area (Å²) in [7, 11) is -1.64. The Kier molecular flexibility index (Phi) is 5.23. The average Bonchev–Trinajstić information content (AvgIpc) is 2.96. The molecule has 0 unspecified atom stereocenters. The fourth-order valence-corrected chi connectivity index (χ4v) is 5.67. The van der Waals surface area contributed by atoms with Gasteiger partial charge in [0.2, 0.25) is 0 Å². The van der Waals surface area contributed by atoms with Crippen molar-refractivity contribution in [3.8, 4) is 0 Å². The Morgan fingerprint density at radius 3 is 2.50 bits per heavy atom. The third-order valence-corrected chi connectivity index (χ3v) is 7.78. The molecule has 1 fully saturated rings. The van der Waals surface area contributed by atoms with Crippen molar-refractivity contribution in [1.82, 2.24) is 4.31 Å². The first-order valence-electron chi connectivity index (χ1n) is 7.24. The Morgan fingerprint density at radius 1 is 1.35 bits per heavy atom. The van der Waals surface area contributed by atoms with E-state index in [0.29, 0.717) is 10.8 Å². The zero-order valence-electron chi connectivity index (χ0n) is 12.2. The molecule has 20 heavy (non-hydrogen) atoms. The predicted octanol–water partition coefficient (Wildman–Crippen LogP) is 2.80. The summed E-state index contributed by atoms with van der Waals surface area (Å²) in [4.78, 5) is 0. The number of rotatable bonds is 5. The normalized spacial score (nSPS) is 24.2. The van der Waals surface area contributed by atoms with E-state index in [1.54, 1.807) is 17.4 Å². The summed E-state index contributed by atoms with van der Waals surface area (Å²) in [6, 6.07) is 1.85. The number of nitrogens with two attached hydrogens (primary N) is 1. The zero-order chi connectivity index (χ0) is 14.8. The number of sulfonamides is 1. The third-order valence-electron chi connectivity index (χ3n) is 4.41. The highest BCUT2D eigenvalue weighted by atomic mass is 32.2. The molecule has 1 heterocycles. The van der Waals surface area contributed by atoms with Gasteiger partial charge in [0.15, 0.2) is 0 Å². The van der Waals surface area contributed by atoms with Crippen molar-refractivity contribution in [1.29, 1.82) is 0 Å². The summed E-state index contributed by atoms with van der Waals surface area (Å²) in [5.74, 6) is 0.771. The molecule has 114 valence electrons. The van der Waals surface area contributed by atoms with Gasteiger partial charge in [-0.15, -0.1) is 11.3 Å². The number of hydrogen-bond donors (Lipinski definition) is 1. The molecular weight excluding hydrogens is 292 g/mol. The summed E-state index contributed by atoms with van der Waals surface area (Å²) in [6.07, 6.45) is 5.43. The van der Waals surface area contributed by atoms with Gasteiger partial charge in [0.1, 0.15) is 4.21 Å².